The molecule has 0 amide bonds. The Morgan fingerprint density at radius 1 is 0.900 bits per heavy atom. The summed E-state index contributed by atoms with van der Waals surface area (Å²) in [5, 5.41) is 13.3. The van der Waals surface area contributed by atoms with Gasteiger partial charge in [-0.15, -0.1) is 0 Å². The summed E-state index contributed by atoms with van der Waals surface area (Å²) in [4.78, 5) is 18.4. The van der Waals surface area contributed by atoms with Crippen LogP contribution in [0, 0.1) is 11.3 Å². The molecule has 0 unspecified atom stereocenters. The molecule has 1 aliphatic rings. The van der Waals surface area contributed by atoms with E-state index in [-0.39, 0.29) is 0 Å². The van der Waals surface area contributed by atoms with E-state index in [1.165, 1.54) is 5.69 Å². The molecule has 0 spiro atoms. The molecule has 0 saturated carbocycles. The van der Waals surface area contributed by atoms with E-state index in [9.17, 15) is 0 Å². The number of nitrogens with one attached hydrogen (secondary N) is 1. The van der Waals surface area contributed by atoms with E-state index < -0.39 is 0 Å². The highest BCUT2D eigenvalue weighted by atomic mass is 16.5. The Kier molecular flexibility index (Phi) is 7.20. The fourth-order valence-corrected chi connectivity index (χ4v) is 4.80. The normalized spacial score (nSPS) is 13.7. The van der Waals surface area contributed by atoms with Crippen LogP contribution in [0.3, 0.4) is 0 Å². The lowest BCUT2D eigenvalue weighted by Gasteiger charge is -2.34. The third kappa shape index (κ3) is 5.70. The first-order valence-corrected chi connectivity index (χ1v) is 13.3. The molecule has 1 N–H and O–H groups in total. The Morgan fingerprint density at radius 2 is 1.73 bits per heavy atom. The predicted octanol–water partition coefficient (Wildman–Crippen LogP) is 5.64. The first-order valence-electron chi connectivity index (χ1n) is 13.3. The zero-order valence-electron chi connectivity index (χ0n) is 22.3. The van der Waals surface area contributed by atoms with Gasteiger partial charge in [-0.1, -0.05) is 42.5 Å². The van der Waals surface area contributed by atoms with Crippen LogP contribution < -0.4 is 15.0 Å². The predicted molar refractivity (Wildman–Crippen MR) is 158 cm³/mol. The minimum Gasteiger partial charge on any atom is -0.489 e. The Bertz CT molecular complexity index is 1650. The fourth-order valence-electron chi connectivity index (χ4n) is 4.80. The lowest BCUT2D eigenvalue weighted by atomic mass is 10.0. The van der Waals surface area contributed by atoms with Crippen molar-refractivity contribution in [3.05, 3.63) is 103 Å². The van der Waals surface area contributed by atoms with E-state index in [0.29, 0.717) is 18.2 Å². The third-order valence-corrected chi connectivity index (χ3v) is 7.09. The van der Waals surface area contributed by atoms with Crippen LogP contribution >= 0.6 is 0 Å². The van der Waals surface area contributed by atoms with Crippen LogP contribution in [0.1, 0.15) is 11.3 Å². The Hall–Kier alpha value is -5.00. The summed E-state index contributed by atoms with van der Waals surface area (Å²) in [5.74, 6) is 1.32. The Labute approximate surface area is 233 Å². The topological polar surface area (TPSA) is 90.2 Å². The SMILES string of the molecule is CN1CCN(c2cccc(Nc3ncc4cccc(-c5ccc(OCc6ccc(C#N)nc6)cc5)c4n3)c2)CC1. The number of para-hydroxylation sites is 1. The molecule has 5 aromatic rings. The number of anilines is 3. The van der Waals surface area contributed by atoms with Gasteiger partial charge in [0, 0.05) is 66.5 Å². The number of nitriles is 1. The van der Waals surface area contributed by atoms with Crippen LogP contribution in [0.5, 0.6) is 5.75 Å². The maximum atomic E-state index is 8.91. The molecule has 1 saturated heterocycles. The van der Waals surface area contributed by atoms with Gasteiger partial charge in [-0.25, -0.2) is 15.0 Å². The van der Waals surface area contributed by atoms with Crippen molar-refractivity contribution < 1.29 is 4.74 Å². The number of rotatable bonds is 7. The fraction of sp³-hybridized carbons (Fsp3) is 0.188. The Morgan fingerprint density at radius 3 is 2.50 bits per heavy atom. The summed E-state index contributed by atoms with van der Waals surface area (Å²) >= 11 is 0. The molecule has 0 bridgehead atoms. The lowest BCUT2D eigenvalue weighted by molar-refractivity contribution is 0.306. The van der Waals surface area contributed by atoms with Crippen molar-refractivity contribution in [3.8, 4) is 22.9 Å². The van der Waals surface area contributed by atoms with Crippen LogP contribution in [0.15, 0.2) is 91.3 Å². The molecule has 2 aromatic heterocycles. The van der Waals surface area contributed by atoms with E-state index in [0.717, 1.165) is 65.2 Å². The number of hydrogen-bond donors (Lipinski definition) is 1. The molecule has 0 radical (unpaired) electrons. The Balaban J connectivity index is 1.19. The highest BCUT2D eigenvalue weighted by Gasteiger charge is 2.15. The van der Waals surface area contributed by atoms with Gasteiger partial charge in [0.25, 0.3) is 0 Å². The standard InChI is InChI=1S/C32H29N7O/c1-38-14-16-39(17-15-38)28-6-3-5-26(18-28)36-32-35-21-25-4-2-7-30(31(25)37-32)24-9-12-29(13-10-24)40-22-23-8-11-27(19-33)34-20-23/h2-13,18,20-21H,14-17,22H2,1H3,(H,35,36,37). The summed E-state index contributed by atoms with van der Waals surface area (Å²) in [6.45, 7) is 4.55. The van der Waals surface area contributed by atoms with Crippen LogP contribution in [-0.4, -0.2) is 53.1 Å². The summed E-state index contributed by atoms with van der Waals surface area (Å²) in [6.07, 6.45) is 3.53. The minimum atomic E-state index is 0.380. The van der Waals surface area contributed by atoms with Gasteiger partial charge in [0.1, 0.15) is 24.1 Å². The minimum absolute atomic E-state index is 0.380. The maximum absolute atomic E-state index is 8.91. The van der Waals surface area contributed by atoms with Crippen molar-refractivity contribution >= 4 is 28.2 Å². The summed E-state index contributed by atoms with van der Waals surface area (Å²) in [5.41, 5.74) is 6.42. The maximum Gasteiger partial charge on any atom is 0.227 e. The molecule has 3 heterocycles. The molecule has 6 rings (SSSR count). The summed E-state index contributed by atoms with van der Waals surface area (Å²) in [6, 6.07) is 28.1. The second kappa shape index (κ2) is 11.4. The van der Waals surface area contributed by atoms with Crippen LogP contribution in [0.4, 0.5) is 17.3 Å². The number of fused-ring (bicyclic) bond motifs is 1. The van der Waals surface area contributed by atoms with Crippen LogP contribution in [0.2, 0.25) is 0 Å². The molecular formula is C32H29N7O. The van der Waals surface area contributed by atoms with E-state index in [1.807, 2.05) is 60.8 Å². The molecule has 0 atom stereocenters. The van der Waals surface area contributed by atoms with Crippen molar-refractivity contribution in [2.75, 3.05) is 43.4 Å². The second-order valence-corrected chi connectivity index (χ2v) is 9.88. The molecule has 40 heavy (non-hydrogen) atoms. The van der Waals surface area contributed by atoms with E-state index in [2.05, 4.69) is 56.4 Å². The highest BCUT2D eigenvalue weighted by molar-refractivity contribution is 5.94. The van der Waals surface area contributed by atoms with E-state index >= 15 is 0 Å². The smallest absolute Gasteiger partial charge is 0.227 e. The van der Waals surface area contributed by atoms with Gasteiger partial charge in [0.05, 0.1) is 5.52 Å². The van der Waals surface area contributed by atoms with E-state index in [4.69, 9.17) is 15.0 Å². The molecular weight excluding hydrogens is 498 g/mol. The van der Waals surface area contributed by atoms with Crippen molar-refractivity contribution in [1.82, 2.24) is 19.9 Å². The zero-order valence-corrected chi connectivity index (χ0v) is 22.3. The number of aromatic nitrogens is 3. The van der Waals surface area contributed by atoms with Gasteiger partial charge >= 0.3 is 0 Å². The number of piperazine rings is 1. The lowest BCUT2D eigenvalue weighted by Crippen LogP contribution is -2.44. The second-order valence-electron chi connectivity index (χ2n) is 9.88. The van der Waals surface area contributed by atoms with Crippen molar-refractivity contribution in [2.24, 2.45) is 0 Å². The zero-order chi connectivity index (χ0) is 27.3. The van der Waals surface area contributed by atoms with Crippen LogP contribution in [-0.2, 0) is 6.61 Å². The molecule has 1 aliphatic heterocycles. The summed E-state index contributed by atoms with van der Waals surface area (Å²) in [7, 11) is 2.17. The molecule has 3 aromatic carbocycles. The quantitative estimate of drug-likeness (QED) is 0.291. The first kappa shape index (κ1) is 25.3. The summed E-state index contributed by atoms with van der Waals surface area (Å²) < 4.78 is 5.92. The molecule has 8 heteroatoms. The van der Waals surface area contributed by atoms with Gasteiger partial charge in [0.2, 0.25) is 5.95 Å². The van der Waals surface area contributed by atoms with Gasteiger partial charge in [-0.3, -0.25) is 0 Å². The van der Waals surface area contributed by atoms with Gasteiger partial charge < -0.3 is 19.9 Å². The number of likely N-dealkylation sites (N-methyl/N-ethyl adjacent to an activating group) is 1. The monoisotopic (exact) mass is 527 g/mol. The average molecular weight is 528 g/mol. The van der Waals surface area contributed by atoms with Gasteiger partial charge in [-0.2, -0.15) is 5.26 Å². The largest absolute Gasteiger partial charge is 0.489 e. The van der Waals surface area contributed by atoms with Crippen molar-refractivity contribution in [1.29, 1.82) is 5.26 Å². The number of benzene rings is 3. The first-order chi connectivity index (χ1) is 19.6. The highest BCUT2D eigenvalue weighted by Crippen LogP contribution is 2.30. The van der Waals surface area contributed by atoms with Crippen LogP contribution in [0.25, 0.3) is 22.0 Å². The van der Waals surface area contributed by atoms with Gasteiger partial charge in [-0.05, 0) is 49.0 Å². The van der Waals surface area contributed by atoms with Crippen molar-refractivity contribution in [2.45, 2.75) is 6.61 Å². The van der Waals surface area contributed by atoms with E-state index in [1.54, 1.807) is 12.3 Å². The number of hydrogen-bond acceptors (Lipinski definition) is 8. The molecule has 1 fully saturated rings. The van der Waals surface area contributed by atoms with Gasteiger partial charge in [0.15, 0.2) is 0 Å². The molecule has 198 valence electrons. The van der Waals surface area contributed by atoms with Crippen molar-refractivity contribution in [3.63, 3.8) is 0 Å². The third-order valence-electron chi connectivity index (χ3n) is 7.09. The number of nitrogens with zero attached hydrogens (tertiary/aromatic N) is 6. The number of ether oxygens (including phenoxy) is 1. The molecule has 0 aliphatic carbocycles. The average Bonchev–Trinajstić information content (AvgIpc) is 3.01. The molecule has 8 nitrogen and oxygen atoms in total. The number of pyridine rings is 1.